The molecule has 0 heterocycles. The minimum Gasteiger partial charge on any atom is -0.331 e. The van der Waals surface area contributed by atoms with Crippen LogP contribution in [0, 0.1) is 12.7 Å². The highest BCUT2D eigenvalue weighted by molar-refractivity contribution is 7.80. The Morgan fingerprint density at radius 2 is 1.74 bits per heavy atom. The van der Waals surface area contributed by atoms with Crippen LogP contribution in [0.2, 0.25) is 0 Å². The largest absolute Gasteiger partial charge is 0.331 e. The van der Waals surface area contributed by atoms with Crippen molar-refractivity contribution in [2.45, 2.75) is 6.92 Å². The zero-order valence-corrected chi connectivity index (χ0v) is 11.2. The summed E-state index contributed by atoms with van der Waals surface area (Å²) in [6.07, 6.45) is 0. The third-order valence-electron chi connectivity index (χ3n) is 2.56. The first kappa shape index (κ1) is 13.3. The van der Waals surface area contributed by atoms with Crippen LogP contribution in [0.4, 0.5) is 15.8 Å². The first-order valence-electron chi connectivity index (χ1n) is 5.79. The van der Waals surface area contributed by atoms with Gasteiger partial charge in [-0.1, -0.05) is 18.2 Å². The van der Waals surface area contributed by atoms with E-state index in [-0.39, 0.29) is 5.82 Å². The average molecular weight is 275 g/mol. The van der Waals surface area contributed by atoms with Crippen LogP contribution in [0.5, 0.6) is 0 Å². The molecule has 2 aromatic rings. The van der Waals surface area contributed by atoms with Crippen molar-refractivity contribution < 1.29 is 4.39 Å². The average Bonchev–Trinajstić information content (AvgIpc) is 2.40. The Hall–Kier alpha value is -2.14. The summed E-state index contributed by atoms with van der Waals surface area (Å²) in [5.41, 5.74) is 8.68. The van der Waals surface area contributed by atoms with E-state index in [1.54, 1.807) is 12.1 Å². The maximum Gasteiger partial charge on any atom is 0.189 e. The molecular weight excluding hydrogens is 261 g/mol. The molecule has 0 aliphatic heterocycles. The molecular formula is C14H14FN3S. The molecule has 3 N–H and O–H groups in total. The van der Waals surface area contributed by atoms with E-state index in [0.29, 0.717) is 5.11 Å². The number of aryl methyl sites for hydroxylation is 1. The van der Waals surface area contributed by atoms with Crippen LogP contribution >= 0.6 is 12.2 Å². The van der Waals surface area contributed by atoms with Crippen LogP contribution in [-0.4, -0.2) is 5.11 Å². The van der Waals surface area contributed by atoms with Gasteiger partial charge in [0.1, 0.15) is 5.82 Å². The SMILES string of the molecule is Cc1ccccc1NNC(=S)Nc1ccc(F)cc1. The van der Waals surface area contributed by atoms with Crippen molar-refractivity contribution in [1.82, 2.24) is 5.43 Å². The van der Waals surface area contributed by atoms with Crippen molar-refractivity contribution in [2.75, 3.05) is 10.7 Å². The van der Waals surface area contributed by atoms with E-state index < -0.39 is 0 Å². The van der Waals surface area contributed by atoms with Gasteiger partial charge >= 0.3 is 0 Å². The lowest BCUT2D eigenvalue weighted by molar-refractivity contribution is 0.628. The van der Waals surface area contributed by atoms with E-state index in [2.05, 4.69) is 16.2 Å². The lowest BCUT2D eigenvalue weighted by Crippen LogP contribution is -2.33. The number of halogens is 1. The molecule has 2 aromatic carbocycles. The second-order valence-electron chi connectivity index (χ2n) is 4.03. The summed E-state index contributed by atoms with van der Waals surface area (Å²) in [4.78, 5) is 0. The number of thiocarbonyl (C=S) groups is 1. The van der Waals surface area contributed by atoms with Crippen molar-refractivity contribution in [3.05, 3.63) is 59.9 Å². The summed E-state index contributed by atoms with van der Waals surface area (Å²) >= 11 is 5.13. The van der Waals surface area contributed by atoms with Gasteiger partial charge in [0, 0.05) is 5.69 Å². The first-order chi connectivity index (χ1) is 9.15. The van der Waals surface area contributed by atoms with Crippen molar-refractivity contribution in [3.63, 3.8) is 0 Å². The van der Waals surface area contributed by atoms with Gasteiger partial charge in [0.15, 0.2) is 5.11 Å². The second-order valence-corrected chi connectivity index (χ2v) is 4.43. The summed E-state index contributed by atoms with van der Waals surface area (Å²) in [5.74, 6) is -0.275. The third-order valence-corrected chi connectivity index (χ3v) is 2.76. The normalized spacial score (nSPS) is 9.79. The Morgan fingerprint density at radius 3 is 2.42 bits per heavy atom. The minimum absolute atomic E-state index is 0.275. The van der Waals surface area contributed by atoms with Crippen LogP contribution in [0.25, 0.3) is 0 Å². The second kappa shape index (κ2) is 6.15. The molecule has 0 aromatic heterocycles. The number of benzene rings is 2. The Morgan fingerprint density at radius 1 is 1.05 bits per heavy atom. The fourth-order valence-corrected chi connectivity index (χ4v) is 1.70. The number of para-hydroxylation sites is 1. The summed E-state index contributed by atoms with van der Waals surface area (Å²) in [5, 5.41) is 3.36. The molecule has 0 bridgehead atoms. The van der Waals surface area contributed by atoms with Crippen molar-refractivity contribution in [1.29, 1.82) is 0 Å². The van der Waals surface area contributed by atoms with Gasteiger partial charge in [-0.15, -0.1) is 0 Å². The van der Waals surface area contributed by atoms with E-state index in [1.807, 2.05) is 31.2 Å². The molecule has 0 fully saturated rings. The van der Waals surface area contributed by atoms with Crippen molar-refractivity contribution in [3.8, 4) is 0 Å². The van der Waals surface area contributed by atoms with Gasteiger partial charge < -0.3 is 5.32 Å². The Bertz CT molecular complexity index is 569. The van der Waals surface area contributed by atoms with Crippen LogP contribution < -0.4 is 16.2 Å². The maximum atomic E-state index is 12.7. The number of nitrogens with one attached hydrogen (secondary N) is 3. The predicted molar refractivity (Wildman–Crippen MR) is 80.6 cm³/mol. The van der Waals surface area contributed by atoms with E-state index in [4.69, 9.17) is 12.2 Å². The number of hydrogen-bond acceptors (Lipinski definition) is 2. The molecule has 0 aliphatic rings. The maximum absolute atomic E-state index is 12.7. The molecule has 5 heteroatoms. The predicted octanol–water partition coefficient (Wildman–Crippen LogP) is 3.45. The van der Waals surface area contributed by atoms with Gasteiger partial charge in [-0.25, -0.2) is 4.39 Å². The highest BCUT2D eigenvalue weighted by Gasteiger charge is 1.99. The molecule has 0 aliphatic carbocycles. The fraction of sp³-hybridized carbons (Fsp3) is 0.0714. The molecule has 0 unspecified atom stereocenters. The molecule has 0 saturated carbocycles. The van der Waals surface area contributed by atoms with Crippen molar-refractivity contribution >= 4 is 28.7 Å². The molecule has 19 heavy (non-hydrogen) atoms. The Balaban J connectivity index is 1.88. The van der Waals surface area contributed by atoms with E-state index in [9.17, 15) is 4.39 Å². The molecule has 0 amide bonds. The topological polar surface area (TPSA) is 36.1 Å². The van der Waals surface area contributed by atoms with Gasteiger partial charge in [-0.05, 0) is 55.0 Å². The fourth-order valence-electron chi connectivity index (χ4n) is 1.53. The van der Waals surface area contributed by atoms with Crippen LogP contribution in [0.15, 0.2) is 48.5 Å². The molecule has 0 radical (unpaired) electrons. The van der Waals surface area contributed by atoms with Gasteiger partial charge in [0.05, 0.1) is 5.69 Å². The minimum atomic E-state index is -0.275. The molecule has 0 saturated heterocycles. The molecule has 98 valence electrons. The number of hydrogen-bond donors (Lipinski definition) is 3. The van der Waals surface area contributed by atoms with Crippen molar-refractivity contribution in [2.24, 2.45) is 0 Å². The third kappa shape index (κ3) is 3.93. The van der Waals surface area contributed by atoms with E-state index in [1.165, 1.54) is 12.1 Å². The Labute approximate surface area is 116 Å². The molecule has 2 rings (SSSR count). The van der Waals surface area contributed by atoms with Crippen LogP contribution in [-0.2, 0) is 0 Å². The van der Waals surface area contributed by atoms with E-state index >= 15 is 0 Å². The number of anilines is 2. The standard InChI is InChI=1S/C14H14FN3S/c1-10-4-2-3-5-13(10)17-18-14(19)16-12-8-6-11(15)7-9-12/h2-9,17H,1H3,(H2,16,18,19). The quantitative estimate of drug-likeness (QED) is 0.592. The number of rotatable bonds is 3. The molecule has 3 nitrogen and oxygen atoms in total. The summed E-state index contributed by atoms with van der Waals surface area (Å²) in [7, 11) is 0. The first-order valence-corrected chi connectivity index (χ1v) is 6.20. The van der Waals surface area contributed by atoms with Gasteiger partial charge in [-0.3, -0.25) is 10.9 Å². The van der Waals surface area contributed by atoms with Crippen LogP contribution in [0.3, 0.4) is 0 Å². The summed E-state index contributed by atoms with van der Waals surface area (Å²) < 4.78 is 12.7. The van der Waals surface area contributed by atoms with Gasteiger partial charge in [0.25, 0.3) is 0 Å². The van der Waals surface area contributed by atoms with Gasteiger partial charge in [-0.2, -0.15) is 0 Å². The van der Waals surface area contributed by atoms with Gasteiger partial charge in [0.2, 0.25) is 0 Å². The van der Waals surface area contributed by atoms with Crippen LogP contribution in [0.1, 0.15) is 5.56 Å². The smallest absolute Gasteiger partial charge is 0.189 e. The summed E-state index contributed by atoms with van der Waals surface area (Å²) in [6.45, 7) is 2.00. The molecule has 0 spiro atoms. The Kier molecular flexibility index (Phi) is 4.30. The number of hydrazine groups is 1. The highest BCUT2D eigenvalue weighted by Crippen LogP contribution is 2.12. The zero-order valence-electron chi connectivity index (χ0n) is 10.4. The highest BCUT2D eigenvalue weighted by atomic mass is 32.1. The molecule has 0 atom stereocenters. The zero-order chi connectivity index (χ0) is 13.7. The lowest BCUT2D eigenvalue weighted by atomic mass is 10.2. The summed E-state index contributed by atoms with van der Waals surface area (Å²) in [6, 6.07) is 13.8. The monoisotopic (exact) mass is 275 g/mol. The van der Waals surface area contributed by atoms with E-state index in [0.717, 1.165) is 16.9 Å². The lowest BCUT2D eigenvalue weighted by Gasteiger charge is -2.13.